The number of nitrogens with one attached hydrogen (secondary N) is 1. The van der Waals surface area contributed by atoms with E-state index in [1.807, 2.05) is 12.3 Å². The minimum atomic E-state index is -0.427. The first-order chi connectivity index (χ1) is 9.06. The Balaban J connectivity index is 1.84. The molecule has 3 rings (SSSR count). The summed E-state index contributed by atoms with van der Waals surface area (Å²) in [6.07, 6.45) is 2.07. The van der Waals surface area contributed by atoms with E-state index in [1.54, 1.807) is 23.2 Å². The van der Waals surface area contributed by atoms with Gasteiger partial charge in [0.2, 0.25) is 11.8 Å². The van der Waals surface area contributed by atoms with Crippen molar-refractivity contribution >= 4 is 23.2 Å². The standard InChI is InChI=1S/C13H17N3O2S/c1-7-6-19-10(14-7)5-16-11(9-3-4-9)12(17)15-8(2)13(16)18/h6,8-9,11H,3-5H2,1-2H3,(H,15,17). The summed E-state index contributed by atoms with van der Waals surface area (Å²) in [6, 6.07) is -0.725. The topological polar surface area (TPSA) is 62.3 Å². The fourth-order valence-electron chi connectivity index (χ4n) is 2.57. The third-order valence-electron chi connectivity index (χ3n) is 3.66. The van der Waals surface area contributed by atoms with Gasteiger partial charge in [0.05, 0.1) is 6.54 Å². The molecule has 2 unspecified atom stereocenters. The summed E-state index contributed by atoms with van der Waals surface area (Å²) in [6.45, 7) is 4.13. The molecule has 2 atom stereocenters. The number of piperazine rings is 1. The minimum absolute atomic E-state index is 0.00403. The SMILES string of the molecule is Cc1csc(CN2C(=O)C(C)NC(=O)C2C2CC2)n1. The molecule has 1 aliphatic carbocycles. The monoisotopic (exact) mass is 279 g/mol. The van der Waals surface area contributed by atoms with Crippen LogP contribution in [0.5, 0.6) is 0 Å². The van der Waals surface area contributed by atoms with Crippen LogP contribution in [0.2, 0.25) is 0 Å². The van der Waals surface area contributed by atoms with Gasteiger partial charge in [0, 0.05) is 11.1 Å². The van der Waals surface area contributed by atoms with Gasteiger partial charge in [0.25, 0.3) is 0 Å². The molecule has 0 radical (unpaired) electrons. The molecule has 1 N–H and O–H groups in total. The number of carbonyl (C=O) groups is 2. The number of hydrogen-bond acceptors (Lipinski definition) is 4. The van der Waals surface area contributed by atoms with Gasteiger partial charge in [-0.2, -0.15) is 0 Å². The Morgan fingerprint density at radius 2 is 2.21 bits per heavy atom. The molecule has 0 bridgehead atoms. The quantitative estimate of drug-likeness (QED) is 0.900. The van der Waals surface area contributed by atoms with Gasteiger partial charge in [-0.3, -0.25) is 9.59 Å². The van der Waals surface area contributed by atoms with E-state index in [9.17, 15) is 9.59 Å². The molecule has 19 heavy (non-hydrogen) atoms. The molecule has 2 aliphatic rings. The van der Waals surface area contributed by atoms with E-state index in [4.69, 9.17) is 0 Å². The Kier molecular flexibility index (Phi) is 3.05. The molecule has 1 saturated heterocycles. The molecular weight excluding hydrogens is 262 g/mol. The Morgan fingerprint density at radius 1 is 1.47 bits per heavy atom. The summed E-state index contributed by atoms with van der Waals surface area (Å²) in [5, 5.41) is 5.65. The maximum Gasteiger partial charge on any atom is 0.245 e. The van der Waals surface area contributed by atoms with Crippen molar-refractivity contribution in [3.05, 3.63) is 16.1 Å². The van der Waals surface area contributed by atoms with Crippen molar-refractivity contribution in [1.29, 1.82) is 0 Å². The maximum atomic E-state index is 12.3. The van der Waals surface area contributed by atoms with Crippen molar-refractivity contribution < 1.29 is 9.59 Å². The van der Waals surface area contributed by atoms with E-state index in [0.717, 1.165) is 23.5 Å². The van der Waals surface area contributed by atoms with Crippen LogP contribution < -0.4 is 5.32 Å². The lowest BCUT2D eigenvalue weighted by Crippen LogP contribution is -2.62. The first-order valence-corrected chi connectivity index (χ1v) is 7.46. The van der Waals surface area contributed by atoms with Crippen LogP contribution >= 0.6 is 11.3 Å². The van der Waals surface area contributed by atoms with Crippen LogP contribution in [0.4, 0.5) is 0 Å². The molecule has 1 saturated carbocycles. The molecule has 102 valence electrons. The van der Waals surface area contributed by atoms with Crippen LogP contribution in [-0.2, 0) is 16.1 Å². The van der Waals surface area contributed by atoms with Gasteiger partial charge >= 0.3 is 0 Å². The largest absolute Gasteiger partial charge is 0.343 e. The first-order valence-electron chi connectivity index (χ1n) is 6.58. The summed E-state index contributed by atoms with van der Waals surface area (Å²) >= 11 is 1.55. The van der Waals surface area contributed by atoms with E-state index in [0.29, 0.717) is 12.5 Å². The average molecular weight is 279 g/mol. The second-order valence-electron chi connectivity index (χ2n) is 5.36. The van der Waals surface area contributed by atoms with Crippen LogP contribution in [-0.4, -0.2) is 33.8 Å². The number of aryl methyl sites for hydroxylation is 1. The predicted molar refractivity (Wildman–Crippen MR) is 71.5 cm³/mol. The van der Waals surface area contributed by atoms with Crippen LogP contribution in [0.1, 0.15) is 30.5 Å². The van der Waals surface area contributed by atoms with E-state index in [1.165, 1.54) is 0 Å². The lowest BCUT2D eigenvalue weighted by Gasteiger charge is -2.37. The second kappa shape index (κ2) is 4.59. The third-order valence-corrected chi connectivity index (χ3v) is 4.61. The smallest absolute Gasteiger partial charge is 0.245 e. The van der Waals surface area contributed by atoms with Crippen molar-refractivity contribution in [3.63, 3.8) is 0 Å². The van der Waals surface area contributed by atoms with Gasteiger partial charge in [-0.05, 0) is 32.6 Å². The number of thiazole rings is 1. The fraction of sp³-hybridized carbons (Fsp3) is 0.615. The molecule has 2 heterocycles. The van der Waals surface area contributed by atoms with Crippen LogP contribution in [0.3, 0.4) is 0 Å². The molecule has 0 spiro atoms. The molecule has 2 amide bonds. The van der Waals surface area contributed by atoms with Gasteiger partial charge < -0.3 is 10.2 Å². The molecule has 5 nitrogen and oxygen atoms in total. The zero-order valence-electron chi connectivity index (χ0n) is 11.0. The highest BCUT2D eigenvalue weighted by Crippen LogP contribution is 2.37. The Morgan fingerprint density at radius 3 is 2.79 bits per heavy atom. The van der Waals surface area contributed by atoms with Crippen molar-refractivity contribution in [2.75, 3.05) is 0 Å². The molecule has 1 aliphatic heterocycles. The lowest BCUT2D eigenvalue weighted by molar-refractivity contribution is -0.150. The summed E-state index contributed by atoms with van der Waals surface area (Å²) in [4.78, 5) is 30.5. The average Bonchev–Trinajstić information content (AvgIpc) is 3.09. The molecule has 2 fully saturated rings. The Bertz CT molecular complexity index is 524. The predicted octanol–water partition coefficient (Wildman–Crippen LogP) is 1.08. The maximum absolute atomic E-state index is 12.3. The third kappa shape index (κ3) is 2.36. The summed E-state index contributed by atoms with van der Waals surface area (Å²) in [5.74, 6) is 0.324. The zero-order chi connectivity index (χ0) is 13.6. The van der Waals surface area contributed by atoms with Crippen molar-refractivity contribution in [1.82, 2.24) is 15.2 Å². The Hall–Kier alpha value is -1.43. The van der Waals surface area contributed by atoms with Gasteiger partial charge in [0.1, 0.15) is 17.1 Å². The van der Waals surface area contributed by atoms with Gasteiger partial charge in [-0.15, -0.1) is 11.3 Å². The summed E-state index contributed by atoms with van der Waals surface area (Å²) in [5.41, 5.74) is 0.963. The number of hydrogen-bond donors (Lipinski definition) is 1. The highest BCUT2D eigenvalue weighted by atomic mass is 32.1. The summed E-state index contributed by atoms with van der Waals surface area (Å²) in [7, 11) is 0. The molecule has 0 aromatic carbocycles. The highest BCUT2D eigenvalue weighted by molar-refractivity contribution is 7.09. The van der Waals surface area contributed by atoms with Crippen LogP contribution in [0.15, 0.2) is 5.38 Å². The van der Waals surface area contributed by atoms with E-state index in [2.05, 4.69) is 10.3 Å². The minimum Gasteiger partial charge on any atom is -0.343 e. The second-order valence-corrected chi connectivity index (χ2v) is 6.30. The van der Waals surface area contributed by atoms with E-state index < -0.39 is 6.04 Å². The number of carbonyl (C=O) groups excluding carboxylic acids is 2. The number of amides is 2. The fourth-order valence-corrected chi connectivity index (χ4v) is 3.34. The Labute approximate surface area is 116 Å². The molecular formula is C13H17N3O2S. The van der Waals surface area contributed by atoms with Gasteiger partial charge in [0.15, 0.2) is 0 Å². The molecule has 6 heteroatoms. The van der Waals surface area contributed by atoms with Crippen LogP contribution in [0, 0.1) is 12.8 Å². The van der Waals surface area contributed by atoms with E-state index in [-0.39, 0.29) is 17.9 Å². The van der Waals surface area contributed by atoms with Crippen molar-refractivity contribution in [2.24, 2.45) is 5.92 Å². The number of aromatic nitrogens is 1. The summed E-state index contributed by atoms with van der Waals surface area (Å²) < 4.78 is 0. The van der Waals surface area contributed by atoms with Crippen molar-refractivity contribution in [2.45, 2.75) is 45.3 Å². The lowest BCUT2D eigenvalue weighted by atomic mass is 10.0. The van der Waals surface area contributed by atoms with E-state index >= 15 is 0 Å². The zero-order valence-corrected chi connectivity index (χ0v) is 11.9. The number of nitrogens with zero attached hydrogens (tertiary/aromatic N) is 2. The van der Waals surface area contributed by atoms with Crippen molar-refractivity contribution in [3.8, 4) is 0 Å². The molecule has 1 aromatic heterocycles. The number of rotatable bonds is 3. The van der Waals surface area contributed by atoms with Gasteiger partial charge in [-0.25, -0.2) is 4.98 Å². The molecule has 1 aromatic rings. The highest BCUT2D eigenvalue weighted by Gasteiger charge is 2.46. The first kappa shape index (κ1) is 12.6. The van der Waals surface area contributed by atoms with Gasteiger partial charge in [-0.1, -0.05) is 0 Å². The normalized spacial score (nSPS) is 27.6. The van der Waals surface area contributed by atoms with Crippen LogP contribution in [0.25, 0.3) is 0 Å².